The van der Waals surface area contributed by atoms with E-state index >= 15 is 0 Å². The summed E-state index contributed by atoms with van der Waals surface area (Å²) < 4.78 is 34.2. The molecule has 0 aromatic heterocycles. The van der Waals surface area contributed by atoms with Gasteiger partial charge in [-0.3, -0.25) is 0 Å². The fourth-order valence-electron chi connectivity index (χ4n) is 1.58. The molecule has 1 heterocycles. The summed E-state index contributed by atoms with van der Waals surface area (Å²) in [4.78, 5) is 0. The summed E-state index contributed by atoms with van der Waals surface area (Å²) in [6.07, 6.45) is 0. The van der Waals surface area contributed by atoms with Gasteiger partial charge in [0.1, 0.15) is 11.4 Å². The first kappa shape index (κ1) is 10.4. The van der Waals surface area contributed by atoms with E-state index in [1.54, 1.807) is 19.1 Å². The Kier molecular flexibility index (Phi) is 2.38. The van der Waals surface area contributed by atoms with Gasteiger partial charge in [0.2, 0.25) is 0 Å². The second kappa shape index (κ2) is 3.45. The van der Waals surface area contributed by atoms with Crippen LogP contribution < -0.4 is 4.74 Å². The topological polar surface area (TPSA) is 21.8 Å². The maximum atomic E-state index is 12.2. The normalized spacial score (nSPS) is 24.3. The van der Waals surface area contributed by atoms with Crippen molar-refractivity contribution < 1.29 is 18.3 Å². The van der Waals surface area contributed by atoms with E-state index in [-0.39, 0.29) is 5.75 Å². The lowest BCUT2D eigenvalue weighted by molar-refractivity contribution is -0.0514. The van der Waals surface area contributed by atoms with E-state index in [0.717, 1.165) is 0 Å². The quantitative estimate of drug-likeness (QED) is 0.721. The minimum absolute atomic E-state index is 0.243. The molecule has 0 bridgehead atoms. The van der Waals surface area contributed by atoms with Gasteiger partial charge < -0.3 is 9.47 Å². The number of ether oxygens (including phenoxy) is 2. The van der Waals surface area contributed by atoms with Gasteiger partial charge in [-0.1, -0.05) is 18.2 Å². The molecular formula is C11H12F2O2. The molecule has 1 aliphatic rings. The van der Waals surface area contributed by atoms with Crippen molar-refractivity contribution in [3.8, 4) is 5.75 Å². The first-order valence-electron chi connectivity index (χ1n) is 4.72. The average Bonchev–Trinajstić information content (AvgIpc) is 2.88. The van der Waals surface area contributed by atoms with Crippen LogP contribution in [0.15, 0.2) is 18.2 Å². The van der Waals surface area contributed by atoms with Crippen molar-refractivity contribution in [2.24, 2.45) is 0 Å². The van der Waals surface area contributed by atoms with Crippen LogP contribution in [0.5, 0.6) is 5.75 Å². The highest BCUT2D eigenvalue weighted by Gasteiger charge is 2.43. The minimum atomic E-state index is -2.80. The zero-order chi connectivity index (χ0) is 11.1. The molecule has 15 heavy (non-hydrogen) atoms. The molecule has 82 valence electrons. The smallest absolute Gasteiger partial charge is 0.387 e. The number of halogens is 2. The van der Waals surface area contributed by atoms with Crippen LogP contribution in [0.4, 0.5) is 8.78 Å². The van der Waals surface area contributed by atoms with Gasteiger partial charge in [0.15, 0.2) is 0 Å². The highest BCUT2D eigenvalue weighted by Crippen LogP contribution is 2.44. The molecule has 0 saturated carbocycles. The monoisotopic (exact) mass is 214 g/mol. The Balaban J connectivity index is 2.40. The molecule has 2 nitrogen and oxygen atoms in total. The molecule has 1 aromatic rings. The molecule has 1 fully saturated rings. The van der Waals surface area contributed by atoms with Gasteiger partial charge in [0, 0.05) is 5.56 Å². The Hall–Kier alpha value is -1.16. The van der Waals surface area contributed by atoms with E-state index < -0.39 is 12.2 Å². The maximum Gasteiger partial charge on any atom is 0.387 e. The number of hydrogen-bond acceptors (Lipinski definition) is 2. The summed E-state index contributed by atoms with van der Waals surface area (Å²) in [6.45, 7) is 1.36. The Morgan fingerprint density at radius 2 is 2.13 bits per heavy atom. The van der Waals surface area contributed by atoms with Crippen LogP contribution in [-0.4, -0.2) is 13.2 Å². The third kappa shape index (κ3) is 1.95. The lowest BCUT2D eigenvalue weighted by atomic mass is 9.98. The average molecular weight is 214 g/mol. The van der Waals surface area contributed by atoms with E-state index in [0.29, 0.717) is 17.7 Å². The number of alkyl halides is 2. The second-order valence-corrected chi connectivity index (χ2v) is 3.85. The van der Waals surface area contributed by atoms with Crippen LogP contribution in [0.3, 0.4) is 0 Å². The highest BCUT2D eigenvalue weighted by atomic mass is 19.3. The SMILES string of the molecule is Cc1cccc(C2(C)CO2)c1OC(F)F. The number of aryl methyl sites for hydroxylation is 1. The van der Waals surface area contributed by atoms with Crippen LogP contribution in [0.25, 0.3) is 0 Å². The summed E-state index contributed by atoms with van der Waals surface area (Å²) >= 11 is 0. The second-order valence-electron chi connectivity index (χ2n) is 3.85. The molecule has 1 saturated heterocycles. The summed E-state index contributed by atoms with van der Waals surface area (Å²) in [5.74, 6) is 0.243. The van der Waals surface area contributed by atoms with Crippen molar-refractivity contribution in [3.63, 3.8) is 0 Å². The van der Waals surface area contributed by atoms with Gasteiger partial charge in [-0.05, 0) is 19.4 Å². The zero-order valence-corrected chi connectivity index (χ0v) is 8.59. The van der Waals surface area contributed by atoms with Crippen molar-refractivity contribution in [2.75, 3.05) is 6.61 Å². The molecule has 0 spiro atoms. The Morgan fingerprint density at radius 3 is 2.67 bits per heavy atom. The summed E-state index contributed by atoms with van der Waals surface area (Å²) in [6, 6.07) is 5.32. The molecule has 1 aromatic carbocycles. The molecule has 0 amide bonds. The Morgan fingerprint density at radius 1 is 1.47 bits per heavy atom. The molecule has 1 aliphatic heterocycles. The van der Waals surface area contributed by atoms with Gasteiger partial charge >= 0.3 is 6.61 Å². The third-order valence-electron chi connectivity index (χ3n) is 2.57. The predicted molar refractivity (Wildman–Crippen MR) is 51.1 cm³/mol. The number of benzene rings is 1. The molecule has 1 unspecified atom stereocenters. The van der Waals surface area contributed by atoms with Crippen LogP contribution in [-0.2, 0) is 10.3 Å². The molecule has 2 rings (SSSR count). The van der Waals surface area contributed by atoms with Gasteiger partial charge in [0.05, 0.1) is 6.61 Å². The van der Waals surface area contributed by atoms with E-state index in [2.05, 4.69) is 4.74 Å². The maximum absolute atomic E-state index is 12.2. The fraction of sp³-hybridized carbons (Fsp3) is 0.455. The van der Waals surface area contributed by atoms with Gasteiger partial charge in [0.25, 0.3) is 0 Å². The number of rotatable bonds is 3. The molecule has 1 atom stereocenters. The van der Waals surface area contributed by atoms with Gasteiger partial charge in [-0.25, -0.2) is 0 Å². The highest BCUT2D eigenvalue weighted by molar-refractivity contribution is 5.45. The largest absolute Gasteiger partial charge is 0.434 e. The van der Waals surface area contributed by atoms with Crippen LogP contribution >= 0.6 is 0 Å². The van der Waals surface area contributed by atoms with Crippen LogP contribution in [0.2, 0.25) is 0 Å². The standard InChI is InChI=1S/C11H12F2O2/c1-7-4-3-5-8(11(2)6-14-11)9(7)15-10(12)13/h3-5,10H,6H2,1-2H3. The Labute approximate surface area is 86.8 Å². The predicted octanol–water partition coefficient (Wildman–Crippen LogP) is 2.84. The van der Waals surface area contributed by atoms with Crippen molar-refractivity contribution in [1.82, 2.24) is 0 Å². The summed E-state index contributed by atoms with van der Waals surface area (Å²) in [7, 11) is 0. The number of para-hydroxylation sites is 1. The van der Waals surface area contributed by atoms with E-state index in [1.165, 1.54) is 0 Å². The Bertz CT molecular complexity index is 373. The van der Waals surface area contributed by atoms with Gasteiger partial charge in [-0.2, -0.15) is 8.78 Å². The molecular weight excluding hydrogens is 202 g/mol. The zero-order valence-electron chi connectivity index (χ0n) is 8.59. The summed E-state index contributed by atoms with van der Waals surface area (Å²) in [5.41, 5.74) is 0.948. The van der Waals surface area contributed by atoms with Crippen molar-refractivity contribution >= 4 is 0 Å². The number of epoxide rings is 1. The first-order valence-corrected chi connectivity index (χ1v) is 4.72. The van der Waals surface area contributed by atoms with Crippen molar-refractivity contribution in [1.29, 1.82) is 0 Å². The lowest BCUT2D eigenvalue weighted by Crippen LogP contribution is -2.11. The fourth-order valence-corrected chi connectivity index (χ4v) is 1.58. The van der Waals surface area contributed by atoms with E-state index in [1.807, 2.05) is 13.0 Å². The lowest BCUT2D eigenvalue weighted by Gasteiger charge is -2.15. The summed E-state index contributed by atoms with van der Waals surface area (Å²) in [5, 5.41) is 0. The minimum Gasteiger partial charge on any atom is -0.434 e. The third-order valence-corrected chi connectivity index (χ3v) is 2.57. The molecule has 0 aliphatic carbocycles. The number of hydrogen-bond donors (Lipinski definition) is 0. The van der Waals surface area contributed by atoms with Crippen LogP contribution in [0.1, 0.15) is 18.1 Å². The molecule has 4 heteroatoms. The van der Waals surface area contributed by atoms with E-state index in [4.69, 9.17) is 4.74 Å². The van der Waals surface area contributed by atoms with Crippen LogP contribution in [0, 0.1) is 6.92 Å². The van der Waals surface area contributed by atoms with Crippen molar-refractivity contribution in [2.45, 2.75) is 26.1 Å². The van der Waals surface area contributed by atoms with Gasteiger partial charge in [-0.15, -0.1) is 0 Å². The molecule has 0 N–H and O–H groups in total. The first-order chi connectivity index (χ1) is 7.03. The molecule has 0 radical (unpaired) electrons. The van der Waals surface area contributed by atoms with E-state index in [9.17, 15) is 8.78 Å². The van der Waals surface area contributed by atoms with Crippen molar-refractivity contribution in [3.05, 3.63) is 29.3 Å².